The molecule has 1 aromatic carbocycles. The number of hydrogen-bond donors (Lipinski definition) is 1. The van der Waals surface area contributed by atoms with Gasteiger partial charge in [-0.2, -0.15) is 0 Å². The van der Waals surface area contributed by atoms with Crippen molar-refractivity contribution in [2.24, 2.45) is 0 Å². The smallest absolute Gasteiger partial charge is 0.224 e. The average Bonchev–Trinajstić information content (AvgIpc) is 2.19. The van der Waals surface area contributed by atoms with Crippen molar-refractivity contribution in [1.82, 2.24) is 5.32 Å². The molecule has 5 heteroatoms. The predicted molar refractivity (Wildman–Crippen MR) is 53.8 cm³/mol. The lowest BCUT2D eigenvalue weighted by atomic mass is 10.1. The summed E-state index contributed by atoms with van der Waals surface area (Å²) in [4.78, 5) is 11.2. The van der Waals surface area contributed by atoms with Gasteiger partial charge >= 0.3 is 0 Å². The van der Waals surface area contributed by atoms with E-state index in [9.17, 15) is 13.6 Å². The van der Waals surface area contributed by atoms with Gasteiger partial charge in [-0.1, -0.05) is 6.07 Å². The largest absolute Gasteiger partial charge is 0.355 e. The Hall–Kier alpha value is -1.16. The third kappa shape index (κ3) is 3.83. The van der Waals surface area contributed by atoms with Gasteiger partial charge in [-0.05, 0) is 11.6 Å². The zero-order valence-electron chi connectivity index (χ0n) is 7.90. The van der Waals surface area contributed by atoms with Gasteiger partial charge in [0.2, 0.25) is 5.91 Å². The summed E-state index contributed by atoms with van der Waals surface area (Å²) in [5, 5.41) is 2.49. The summed E-state index contributed by atoms with van der Waals surface area (Å²) in [6, 6.07) is 3.13. The Labute approximate surface area is 91.2 Å². The molecule has 0 saturated heterocycles. The molecule has 0 unspecified atom stereocenters. The fourth-order valence-corrected chi connectivity index (χ4v) is 1.18. The fourth-order valence-electron chi connectivity index (χ4n) is 1.09. The van der Waals surface area contributed by atoms with E-state index in [0.29, 0.717) is 12.4 Å². The maximum atomic E-state index is 13.1. The summed E-state index contributed by atoms with van der Waals surface area (Å²) in [5.74, 6) is -1.40. The highest BCUT2D eigenvalue weighted by atomic mass is 35.5. The van der Waals surface area contributed by atoms with E-state index in [4.69, 9.17) is 11.6 Å². The minimum Gasteiger partial charge on any atom is -0.355 e. The number of hydrogen-bond acceptors (Lipinski definition) is 1. The first-order valence-electron chi connectivity index (χ1n) is 4.40. The van der Waals surface area contributed by atoms with Gasteiger partial charge in [-0.25, -0.2) is 8.78 Å². The molecule has 0 saturated carbocycles. The Kier molecular flexibility index (Phi) is 4.49. The second kappa shape index (κ2) is 5.66. The lowest BCUT2D eigenvalue weighted by Crippen LogP contribution is -2.27. The molecule has 0 aliphatic rings. The maximum Gasteiger partial charge on any atom is 0.224 e. The number of carbonyl (C=O) groups is 1. The van der Waals surface area contributed by atoms with Crippen LogP contribution in [0.5, 0.6) is 0 Å². The minimum atomic E-state index is -0.712. The molecule has 0 aliphatic heterocycles. The maximum absolute atomic E-state index is 13.1. The molecule has 1 aromatic rings. The molecule has 0 radical (unpaired) electrons. The second-order valence-electron chi connectivity index (χ2n) is 2.95. The van der Waals surface area contributed by atoms with Crippen molar-refractivity contribution in [2.45, 2.75) is 6.42 Å². The number of nitrogens with one attached hydrogen (secondary N) is 1. The van der Waals surface area contributed by atoms with E-state index in [1.807, 2.05) is 0 Å². The highest BCUT2D eigenvalue weighted by Crippen LogP contribution is 2.09. The quantitative estimate of drug-likeness (QED) is 0.791. The van der Waals surface area contributed by atoms with Gasteiger partial charge in [-0.3, -0.25) is 4.79 Å². The van der Waals surface area contributed by atoms with Crippen molar-refractivity contribution in [1.29, 1.82) is 0 Å². The van der Waals surface area contributed by atoms with E-state index in [1.165, 1.54) is 6.07 Å². The van der Waals surface area contributed by atoms with E-state index in [0.717, 1.165) is 12.1 Å². The van der Waals surface area contributed by atoms with E-state index < -0.39 is 11.6 Å². The van der Waals surface area contributed by atoms with Crippen molar-refractivity contribution < 1.29 is 13.6 Å². The Morgan fingerprint density at radius 3 is 2.73 bits per heavy atom. The highest BCUT2D eigenvalue weighted by Gasteiger charge is 2.08. The highest BCUT2D eigenvalue weighted by molar-refractivity contribution is 6.18. The normalized spacial score (nSPS) is 10.1. The van der Waals surface area contributed by atoms with Crippen LogP contribution in [0.25, 0.3) is 0 Å². The van der Waals surface area contributed by atoms with Crippen molar-refractivity contribution in [3.05, 3.63) is 35.4 Å². The SMILES string of the molecule is O=C(Cc1ccc(F)cc1F)NCCCl. The first-order chi connectivity index (χ1) is 7.13. The van der Waals surface area contributed by atoms with Crippen LogP contribution in [0.15, 0.2) is 18.2 Å². The molecule has 0 spiro atoms. The van der Waals surface area contributed by atoms with Crippen LogP contribution in [-0.4, -0.2) is 18.3 Å². The zero-order valence-corrected chi connectivity index (χ0v) is 8.65. The van der Waals surface area contributed by atoms with E-state index in [2.05, 4.69) is 5.32 Å². The van der Waals surface area contributed by atoms with E-state index >= 15 is 0 Å². The molecular formula is C10H10ClF2NO. The van der Waals surface area contributed by atoms with Gasteiger partial charge < -0.3 is 5.32 Å². The van der Waals surface area contributed by atoms with Crippen LogP contribution in [0.1, 0.15) is 5.56 Å². The topological polar surface area (TPSA) is 29.1 Å². The van der Waals surface area contributed by atoms with Crippen LogP contribution in [-0.2, 0) is 11.2 Å². The molecule has 0 aliphatic carbocycles. The molecule has 82 valence electrons. The molecule has 1 N–H and O–H groups in total. The van der Waals surface area contributed by atoms with Gasteiger partial charge in [0.1, 0.15) is 11.6 Å². The lowest BCUT2D eigenvalue weighted by Gasteiger charge is -2.04. The Morgan fingerprint density at radius 1 is 1.40 bits per heavy atom. The van der Waals surface area contributed by atoms with Crippen LogP contribution in [0.2, 0.25) is 0 Å². The summed E-state index contributed by atoms with van der Waals surface area (Å²) < 4.78 is 25.6. The van der Waals surface area contributed by atoms with Crippen LogP contribution in [0.3, 0.4) is 0 Å². The monoisotopic (exact) mass is 233 g/mol. The summed E-state index contributed by atoms with van der Waals surface area (Å²) >= 11 is 5.36. The summed E-state index contributed by atoms with van der Waals surface area (Å²) in [7, 11) is 0. The number of alkyl halides is 1. The Balaban J connectivity index is 2.60. The molecule has 0 atom stereocenters. The van der Waals surface area contributed by atoms with Crippen LogP contribution >= 0.6 is 11.6 Å². The number of carbonyl (C=O) groups excluding carboxylic acids is 1. The van der Waals surface area contributed by atoms with Gasteiger partial charge in [0.15, 0.2) is 0 Å². The van der Waals surface area contributed by atoms with Crippen LogP contribution in [0.4, 0.5) is 8.78 Å². The molecule has 15 heavy (non-hydrogen) atoms. The van der Waals surface area contributed by atoms with Crippen LogP contribution < -0.4 is 5.32 Å². The van der Waals surface area contributed by atoms with E-state index in [1.54, 1.807) is 0 Å². The summed E-state index contributed by atoms with van der Waals surface area (Å²) in [6.07, 6.45) is -0.108. The van der Waals surface area contributed by atoms with Gasteiger partial charge in [0.25, 0.3) is 0 Å². The van der Waals surface area contributed by atoms with Crippen molar-refractivity contribution in [2.75, 3.05) is 12.4 Å². The second-order valence-corrected chi connectivity index (χ2v) is 3.33. The Bertz CT molecular complexity index is 357. The third-order valence-corrected chi connectivity index (χ3v) is 1.97. The minimum absolute atomic E-state index is 0.108. The molecule has 1 rings (SSSR count). The van der Waals surface area contributed by atoms with Crippen molar-refractivity contribution >= 4 is 17.5 Å². The molecule has 2 nitrogen and oxygen atoms in total. The first-order valence-corrected chi connectivity index (χ1v) is 4.93. The Morgan fingerprint density at radius 2 is 2.13 bits per heavy atom. The van der Waals surface area contributed by atoms with Crippen molar-refractivity contribution in [3.63, 3.8) is 0 Å². The fraction of sp³-hybridized carbons (Fsp3) is 0.300. The number of rotatable bonds is 4. The standard InChI is InChI=1S/C10H10ClF2NO/c11-3-4-14-10(15)5-7-1-2-8(12)6-9(7)13/h1-2,6H,3-5H2,(H,14,15). The van der Waals surface area contributed by atoms with Crippen molar-refractivity contribution in [3.8, 4) is 0 Å². The van der Waals surface area contributed by atoms with E-state index in [-0.39, 0.29) is 17.9 Å². The number of benzene rings is 1. The molecule has 0 aromatic heterocycles. The number of halogens is 3. The average molecular weight is 234 g/mol. The third-order valence-electron chi connectivity index (χ3n) is 1.78. The molecule has 0 heterocycles. The summed E-state index contributed by atoms with van der Waals surface area (Å²) in [5.41, 5.74) is 0.170. The molecule has 1 amide bonds. The van der Waals surface area contributed by atoms with Gasteiger partial charge in [-0.15, -0.1) is 11.6 Å². The van der Waals surface area contributed by atoms with Crippen LogP contribution in [0, 0.1) is 11.6 Å². The number of amides is 1. The molecular weight excluding hydrogens is 224 g/mol. The van der Waals surface area contributed by atoms with Gasteiger partial charge in [0.05, 0.1) is 6.42 Å². The zero-order chi connectivity index (χ0) is 11.3. The lowest BCUT2D eigenvalue weighted by molar-refractivity contribution is -0.120. The first kappa shape index (κ1) is 11.9. The van der Waals surface area contributed by atoms with Gasteiger partial charge in [0, 0.05) is 18.5 Å². The predicted octanol–water partition coefficient (Wildman–Crippen LogP) is 1.86. The summed E-state index contributed by atoms with van der Waals surface area (Å²) in [6.45, 7) is 0.337. The molecule has 0 fully saturated rings. The molecule has 0 bridgehead atoms.